The third-order valence-electron chi connectivity index (χ3n) is 6.35. The van der Waals surface area contributed by atoms with E-state index < -0.39 is 29.0 Å². The molecule has 1 N–H and O–H groups in total. The fourth-order valence-electron chi connectivity index (χ4n) is 4.57. The Bertz CT molecular complexity index is 1120. The van der Waals surface area contributed by atoms with Crippen LogP contribution in [0.2, 0.25) is 0 Å². The molecule has 190 valence electrons. The molecule has 0 bridgehead atoms. The normalized spacial score (nSPS) is 18.6. The Labute approximate surface area is 195 Å². The predicted molar refractivity (Wildman–Crippen MR) is 111 cm³/mol. The van der Waals surface area contributed by atoms with Crippen LogP contribution in [0, 0.1) is 0 Å². The van der Waals surface area contributed by atoms with Crippen molar-refractivity contribution in [3.8, 4) is 0 Å². The summed E-state index contributed by atoms with van der Waals surface area (Å²) >= 11 is 0. The van der Waals surface area contributed by atoms with E-state index >= 15 is 0 Å². The molecule has 1 aliphatic heterocycles. The van der Waals surface area contributed by atoms with Gasteiger partial charge >= 0.3 is 12.4 Å². The van der Waals surface area contributed by atoms with E-state index in [1.807, 2.05) is 5.10 Å². The van der Waals surface area contributed by atoms with Gasteiger partial charge in [0, 0.05) is 50.9 Å². The van der Waals surface area contributed by atoms with Gasteiger partial charge in [-0.25, -0.2) is 15.1 Å². The highest BCUT2D eigenvalue weighted by Crippen LogP contribution is 2.40. The zero-order chi connectivity index (χ0) is 25.4. The number of nitrogens with one attached hydrogen (secondary N) is 1. The first-order valence-corrected chi connectivity index (χ1v) is 11.1. The number of carbonyl (C=O) groups is 1. The van der Waals surface area contributed by atoms with E-state index in [1.165, 1.54) is 0 Å². The summed E-state index contributed by atoms with van der Waals surface area (Å²) in [6.07, 6.45) is -6.14. The molecule has 4 rings (SSSR count). The number of halogens is 6. The Balaban J connectivity index is 1.27. The number of hydrogen-bond acceptors (Lipinski definition) is 6. The molecule has 35 heavy (non-hydrogen) atoms. The molecule has 0 spiro atoms. The van der Waals surface area contributed by atoms with Crippen molar-refractivity contribution in [3.05, 3.63) is 45.1 Å². The quantitative estimate of drug-likeness (QED) is 0.629. The van der Waals surface area contributed by atoms with Crippen molar-refractivity contribution < 1.29 is 31.1 Å². The minimum absolute atomic E-state index is 0.0563. The van der Waals surface area contributed by atoms with Crippen molar-refractivity contribution in [2.75, 3.05) is 31.1 Å². The van der Waals surface area contributed by atoms with Gasteiger partial charge in [-0.3, -0.25) is 9.59 Å². The molecular weight excluding hydrogens is 482 g/mol. The predicted octanol–water partition coefficient (Wildman–Crippen LogP) is 3.15. The third-order valence-corrected chi connectivity index (χ3v) is 6.35. The fourth-order valence-corrected chi connectivity index (χ4v) is 4.57. The second-order valence-corrected chi connectivity index (χ2v) is 8.55. The van der Waals surface area contributed by atoms with Gasteiger partial charge in [-0.15, -0.1) is 0 Å². The van der Waals surface area contributed by atoms with Crippen LogP contribution in [0.25, 0.3) is 0 Å². The maximum atomic E-state index is 13.2. The Morgan fingerprint density at radius 3 is 2.29 bits per heavy atom. The van der Waals surface area contributed by atoms with Crippen molar-refractivity contribution in [1.82, 2.24) is 25.1 Å². The molecular formula is C21H22F6N6O2. The highest BCUT2D eigenvalue weighted by Gasteiger charge is 2.41. The molecule has 1 atom stereocenters. The topological polar surface area (TPSA) is 95.1 Å². The van der Waals surface area contributed by atoms with Crippen LogP contribution in [0.5, 0.6) is 0 Å². The molecule has 2 aromatic heterocycles. The molecule has 0 unspecified atom stereocenters. The SMILES string of the molecule is O=C(CCC[C@@H]1CCc2c1n[nH]c(=O)c2C(F)(F)F)N1CCN(c2ncc(C(F)(F)F)cn2)CC1. The highest BCUT2D eigenvalue weighted by atomic mass is 19.4. The van der Waals surface area contributed by atoms with Crippen LogP contribution < -0.4 is 10.5 Å². The van der Waals surface area contributed by atoms with Gasteiger partial charge in [0.1, 0.15) is 5.56 Å². The lowest BCUT2D eigenvalue weighted by molar-refractivity contribution is -0.139. The van der Waals surface area contributed by atoms with Crippen LogP contribution >= 0.6 is 0 Å². The zero-order valence-electron chi connectivity index (χ0n) is 18.4. The van der Waals surface area contributed by atoms with Crippen LogP contribution in [0.15, 0.2) is 17.2 Å². The molecule has 14 heteroatoms. The van der Waals surface area contributed by atoms with Crippen molar-refractivity contribution in [1.29, 1.82) is 0 Å². The molecule has 1 aliphatic carbocycles. The summed E-state index contributed by atoms with van der Waals surface area (Å²) in [6, 6.07) is 0. The van der Waals surface area contributed by atoms with E-state index in [1.54, 1.807) is 9.80 Å². The molecule has 1 amide bonds. The Kier molecular flexibility index (Phi) is 6.73. The lowest BCUT2D eigenvalue weighted by Crippen LogP contribution is -2.49. The minimum Gasteiger partial charge on any atom is -0.339 e. The van der Waals surface area contributed by atoms with Crippen LogP contribution in [0.3, 0.4) is 0 Å². The Morgan fingerprint density at radius 1 is 1.03 bits per heavy atom. The largest absolute Gasteiger partial charge is 0.422 e. The lowest BCUT2D eigenvalue weighted by atomic mass is 9.98. The molecule has 1 saturated heterocycles. The number of amides is 1. The van der Waals surface area contributed by atoms with E-state index in [4.69, 9.17) is 0 Å². The maximum absolute atomic E-state index is 13.2. The van der Waals surface area contributed by atoms with E-state index in [9.17, 15) is 35.9 Å². The average Bonchev–Trinajstić information content (AvgIpc) is 3.20. The summed E-state index contributed by atoms with van der Waals surface area (Å²) in [5.41, 5.74) is -3.17. The van der Waals surface area contributed by atoms with Crippen LogP contribution in [-0.2, 0) is 23.6 Å². The van der Waals surface area contributed by atoms with Gasteiger partial charge in [0.25, 0.3) is 5.56 Å². The van der Waals surface area contributed by atoms with Gasteiger partial charge in [0.2, 0.25) is 11.9 Å². The lowest BCUT2D eigenvalue weighted by Gasteiger charge is -2.34. The molecule has 1 fully saturated rings. The smallest absolute Gasteiger partial charge is 0.339 e. The number of nitrogens with zero attached hydrogens (tertiary/aromatic N) is 5. The number of anilines is 1. The standard InChI is InChI=1S/C21H22F6N6O2/c22-20(23,24)13-10-28-19(29-11-13)33-8-6-32(7-9-33)15(34)3-1-2-12-4-5-14-16(21(25,26)27)18(35)31-30-17(12)14/h10-12H,1-9H2,(H,31,35)/t12-/m1/s1. The van der Waals surface area contributed by atoms with Gasteiger partial charge in [0.15, 0.2) is 0 Å². The molecule has 0 saturated carbocycles. The van der Waals surface area contributed by atoms with Gasteiger partial charge in [-0.05, 0) is 31.2 Å². The van der Waals surface area contributed by atoms with Crippen LogP contribution in [0.1, 0.15) is 54.0 Å². The van der Waals surface area contributed by atoms with E-state index in [0.29, 0.717) is 45.4 Å². The summed E-state index contributed by atoms with van der Waals surface area (Å²) < 4.78 is 77.7. The second-order valence-electron chi connectivity index (χ2n) is 8.55. The summed E-state index contributed by atoms with van der Waals surface area (Å²) in [5, 5.41) is 5.79. The molecule has 3 heterocycles. The van der Waals surface area contributed by atoms with Crippen LogP contribution in [0.4, 0.5) is 32.3 Å². The minimum atomic E-state index is -4.75. The molecule has 2 aromatic rings. The van der Waals surface area contributed by atoms with Crippen molar-refractivity contribution >= 4 is 11.9 Å². The zero-order valence-corrected chi connectivity index (χ0v) is 18.4. The van der Waals surface area contributed by atoms with Gasteiger partial charge in [-0.2, -0.15) is 31.4 Å². The first kappa shape index (κ1) is 24.9. The Morgan fingerprint density at radius 2 is 1.69 bits per heavy atom. The van der Waals surface area contributed by atoms with Gasteiger partial charge < -0.3 is 9.80 Å². The number of rotatable bonds is 5. The van der Waals surface area contributed by atoms with Gasteiger partial charge in [0.05, 0.1) is 11.3 Å². The van der Waals surface area contributed by atoms with Gasteiger partial charge in [-0.1, -0.05) is 0 Å². The number of aromatic nitrogens is 4. The van der Waals surface area contributed by atoms with E-state index in [0.717, 1.165) is 12.4 Å². The van der Waals surface area contributed by atoms with Crippen molar-refractivity contribution in [3.63, 3.8) is 0 Å². The summed E-state index contributed by atoms with van der Waals surface area (Å²) in [7, 11) is 0. The third kappa shape index (κ3) is 5.40. The second kappa shape index (κ2) is 9.46. The molecule has 0 radical (unpaired) electrons. The first-order valence-electron chi connectivity index (χ1n) is 11.1. The van der Waals surface area contributed by atoms with E-state index in [2.05, 4.69) is 15.1 Å². The molecule has 8 nitrogen and oxygen atoms in total. The van der Waals surface area contributed by atoms with E-state index in [-0.39, 0.29) is 41.9 Å². The maximum Gasteiger partial charge on any atom is 0.422 e. The number of H-pyrrole nitrogens is 1. The number of fused-ring (bicyclic) bond motifs is 1. The summed E-state index contributed by atoms with van der Waals surface area (Å²) in [5.74, 6) is -0.209. The monoisotopic (exact) mass is 504 g/mol. The van der Waals surface area contributed by atoms with Crippen LogP contribution in [-0.4, -0.2) is 57.2 Å². The molecule has 2 aliphatic rings. The number of aromatic amines is 1. The number of hydrogen-bond donors (Lipinski definition) is 1. The number of alkyl halides is 6. The molecule has 0 aromatic carbocycles. The number of carbonyl (C=O) groups excluding carboxylic acids is 1. The van der Waals surface area contributed by atoms with Crippen molar-refractivity contribution in [2.24, 2.45) is 0 Å². The number of piperazine rings is 1. The van der Waals surface area contributed by atoms with Crippen molar-refractivity contribution in [2.45, 2.75) is 50.4 Å². The Hall–Kier alpha value is -3.19. The highest BCUT2D eigenvalue weighted by molar-refractivity contribution is 5.76. The summed E-state index contributed by atoms with van der Waals surface area (Å²) in [6.45, 7) is 1.44. The summed E-state index contributed by atoms with van der Waals surface area (Å²) in [4.78, 5) is 35.1. The average molecular weight is 504 g/mol. The fraction of sp³-hybridized carbons (Fsp3) is 0.571. The first-order chi connectivity index (χ1) is 16.4.